The second-order valence-electron chi connectivity index (χ2n) is 2.91. The van der Waals surface area contributed by atoms with Crippen molar-refractivity contribution in [3.63, 3.8) is 0 Å². The Morgan fingerprint density at radius 2 is 2.46 bits per heavy atom. The Morgan fingerprint density at radius 1 is 1.77 bits per heavy atom. The molecule has 0 fully saturated rings. The molecule has 70 valence electrons. The van der Waals surface area contributed by atoms with Gasteiger partial charge in [0, 0.05) is 4.88 Å². The zero-order valence-electron chi connectivity index (χ0n) is 7.62. The Bertz CT molecular complexity index is 316. The van der Waals surface area contributed by atoms with E-state index in [4.69, 9.17) is 5.73 Å². The fourth-order valence-corrected chi connectivity index (χ4v) is 1.91. The van der Waals surface area contributed by atoms with Crippen molar-refractivity contribution in [3.05, 3.63) is 34.5 Å². The molecular weight excluding hydrogens is 182 g/mol. The van der Waals surface area contributed by atoms with Gasteiger partial charge in [-0.05, 0) is 25.5 Å². The normalized spacial score (nSPS) is 12.5. The van der Waals surface area contributed by atoms with Crippen molar-refractivity contribution < 1.29 is 4.79 Å². The standard InChI is InChI=1S/C10H13NOS/c1-3-4-8(11)10(12)9-6-5-7(2)13-9/h3,5-6,8H,1,4,11H2,2H3. The molecule has 2 nitrogen and oxygen atoms in total. The lowest BCUT2D eigenvalue weighted by molar-refractivity contribution is 0.0966. The molecule has 0 aromatic carbocycles. The van der Waals surface area contributed by atoms with Crippen molar-refractivity contribution in [2.24, 2.45) is 5.73 Å². The highest BCUT2D eigenvalue weighted by atomic mass is 32.1. The zero-order valence-corrected chi connectivity index (χ0v) is 8.43. The zero-order chi connectivity index (χ0) is 9.84. The van der Waals surface area contributed by atoms with Gasteiger partial charge in [0.15, 0.2) is 5.78 Å². The number of rotatable bonds is 4. The van der Waals surface area contributed by atoms with Crippen molar-refractivity contribution in [1.82, 2.24) is 0 Å². The van der Waals surface area contributed by atoms with Crippen LogP contribution in [0.4, 0.5) is 0 Å². The second kappa shape index (κ2) is 4.35. The van der Waals surface area contributed by atoms with E-state index in [0.29, 0.717) is 6.42 Å². The maximum absolute atomic E-state index is 11.6. The first-order valence-corrected chi connectivity index (χ1v) is 4.94. The highest BCUT2D eigenvalue weighted by molar-refractivity contribution is 7.14. The van der Waals surface area contributed by atoms with Gasteiger partial charge in [0.25, 0.3) is 0 Å². The molecule has 1 atom stereocenters. The van der Waals surface area contributed by atoms with E-state index in [2.05, 4.69) is 6.58 Å². The smallest absolute Gasteiger partial charge is 0.189 e. The summed E-state index contributed by atoms with van der Waals surface area (Å²) in [6, 6.07) is 3.32. The van der Waals surface area contributed by atoms with Crippen LogP contribution in [0, 0.1) is 6.92 Å². The third-order valence-corrected chi connectivity index (χ3v) is 2.76. The van der Waals surface area contributed by atoms with Crippen LogP contribution in [-0.4, -0.2) is 11.8 Å². The Balaban J connectivity index is 2.73. The summed E-state index contributed by atoms with van der Waals surface area (Å²) in [5, 5.41) is 0. The lowest BCUT2D eigenvalue weighted by atomic mass is 10.1. The first-order valence-electron chi connectivity index (χ1n) is 4.12. The summed E-state index contributed by atoms with van der Waals surface area (Å²) >= 11 is 1.49. The van der Waals surface area contributed by atoms with Crippen LogP contribution in [0.25, 0.3) is 0 Å². The molecule has 1 aromatic heterocycles. The first-order chi connectivity index (χ1) is 6.15. The largest absolute Gasteiger partial charge is 0.321 e. The molecule has 0 aliphatic rings. The van der Waals surface area contributed by atoms with Gasteiger partial charge in [0.2, 0.25) is 0 Å². The summed E-state index contributed by atoms with van der Waals surface area (Å²) in [7, 11) is 0. The van der Waals surface area contributed by atoms with E-state index >= 15 is 0 Å². The van der Waals surface area contributed by atoms with Crippen molar-refractivity contribution in [2.75, 3.05) is 0 Å². The van der Waals surface area contributed by atoms with E-state index in [1.54, 1.807) is 6.08 Å². The average Bonchev–Trinajstić information content (AvgIpc) is 2.51. The van der Waals surface area contributed by atoms with Gasteiger partial charge < -0.3 is 5.73 Å². The van der Waals surface area contributed by atoms with E-state index in [-0.39, 0.29) is 5.78 Å². The number of ketones is 1. The topological polar surface area (TPSA) is 43.1 Å². The predicted molar refractivity (Wildman–Crippen MR) is 56.2 cm³/mol. The van der Waals surface area contributed by atoms with E-state index in [1.807, 2.05) is 19.1 Å². The molecule has 0 aliphatic carbocycles. The molecule has 0 saturated heterocycles. The molecule has 0 bridgehead atoms. The van der Waals surface area contributed by atoms with Crippen LogP contribution in [0.5, 0.6) is 0 Å². The van der Waals surface area contributed by atoms with Crippen LogP contribution in [0.1, 0.15) is 21.0 Å². The molecule has 13 heavy (non-hydrogen) atoms. The molecule has 1 rings (SSSR count). The number of carbonyl (C=O) groups excluding carboxylic acids is 1. The molecule has 0 saturated carbocycles. The number of hydrogen-bond donors (Lipinski definition) is 1. The second-order valence-corrected chi connectivity index (χ2v) is 4.19. The van der Waals surface area contributed by atoms with E-state index in [9.17, 15) is 4.79 Å². The van der Waals surface area contributed by atoms with Crippen LogP contribution >= 0.6 is 11.3 Å². The minimum atomic E-state index is -0.435. The van der Waals surface area contributed by atoms with Crippen LogP contribution in [0.2, 0.25) is 0 Å². The molecule has 3 heteroatoms. The fourth-order valence-electron chi connectivity index (χ4n) is 1.04. The first kappa shape index (κ1) is 10.2. The Kier molecular flexibility index (Phi) is 3.39. The Labute approximate surface area is 82.1 Å². The number of thiophene rings is 1. The van der Waals surface area contributed by atoms with Crippen LogP contribution < -0.4 is 5.73 Å². The molecule has 0 amide bonds. The van der Waals surface area contributed by atoms with Gasteiger partial charge >= 0.3 is 0 Å². The van der Waals surface area contributed by atoms with Crippen molar-refractivity contribution >= 4 is 17.1 Å². The quantitative estimate of drug-likeness (QED) is 0.591. The molecule has 0 aliphatic heterocycles. The average molecular weight is 195 g/mol. The van der Waals surface area contributed by atoms with Crippen LogP contribution in [-0.2, 0) is 0 Å². The third-order valence-electron chi connectivity index (χ3n) is 1.74. The molecule has 1 aromatic rings. The lowest BCUT2D eigenvalue weighted by Crippen LogP contribution is -2.29. The van der Waals surface area contributed by atoms with Crippen LogP contribution in [0.3, 0.4) is 0 Å². The van der Waals surface area contributed by atoms with Gasteiger partial charge in [-0.2, -0.15) is 0 Å². The lowest BCUT2D eigenvalue weighted by Gasteiger charge is -2.04. The summed E-state index contributed by atoms with van der Waals surface area (Å²) < 4.78 is 0. The highest BCUT2D eigenvalue weighted by Crippen LogP contribution is 2.17. The van der Waals surface area contributed by atoms with Gasteiger partial charge in [-0.15, -0.1) is 17.9 Å². The number of carbonyl (C=O) groups is 1. The van der Waals surface area contributed by atoms with Gasteiger partial charge in [-0.1, -0.05) is 6.08 Å². The van der Waals surface area contributed by atoms with Gasteiger partial charge in [0.05, 0.1) is 10.9 Å². The Hall–Kier alpha value is -0.930. The molecule has 1 unspecified atom stereocenters. The number of Topliss-reactive ketones (excluding diaryl/α,β-unsaturated/α-hetero) is 1. The summed E-state index contributed by atoms with van der Waals surface area (Å²) in [5.74, 6) is 0.0120. The molecular formula is C10H13NOS. The van der Waals surface area contributed by atoms with Gasteiger partial charge in [-0.3, -0.25) is 4.79 Å². The summed E-state index contributed by atoms with van der Waals surface area (Å²) in [4.78, 5) is 13.5. The van der Waals surface area contributed by atoms with Crippen molar-refractivity contribution in [3.8, 4) is 0 Å². The van der Waals surface area contributed by atoms with E-state index < -0.39 is 6.04 Å². The number of nitrogens with two attached hydrogens (primary N) is 1. The Morgan fingerprint density at radius 3 is 2.92 bits per heavy atom. The van der Waals surface area contributed by atoms with E-state index in [0.717, 1.165) is 9.75 Å². The third kappa shape index (κ3) is 2.50. The van der Waals surface area contributed by atoms with Gasteiger partial charge in [0.1, 0.15) is 0 Å². The summed E-state index contributed by atoms with van der Waals surface area (Å²) in [5.41, 5.74) is 5.65. The van der Waals surface area contributed by atoms with Crippen LogP contribution in [0.15, 0.2) is 24.8 Å². The predicted octanol–water partition coefficient (Wildman–Crippen LogP) is 2.14. The van der Waals surface area contributed by atoms with E-state index in [1.165, 1.54) is 11.3 Å². The molecule has 0 radical (unpaired) electrons. The number of hydrogen-bond acceptors (Lipinski definition) is 3. The maximum atomic E-state index is 11.6. The highest BCUT2D eigenvalue weighted by Gasteiger charge is 2.15. The minimum absolute atomic E-state index is 0.0120. The summed E-state index contributed by atoms with van der Waals surface area (Å²) in [6.07, 6.45) is 2.21. The minimum Gasteiger partial charge on any atom is -0.321 e. The van der Waals surface area contributed by atoms with Gasteiger partial charge in [-0.25, -0.2) is 0 Å². The monoisotopic (exact) mass is 195 g/mol. The molecule has 0 spiro atoms. The van der Waals surface area contributed by atoms with Crippen molar-refractivity contribution in [1.29, 1.82) is 0 Å². The van der Waals surface area contributed by atoms with Crippen molar-refractivity contribution in [2.45, 2.75) is 19.4 Å². The summed E-state index contributed by atoms with van der Waals surface area (Å²) in [6.45, 7) is 5.53. The maximum Gasteiger partial charge on any atom is 0.189 e. The molecule has 2 N–H and O–H groups in total. The molecule has 1 heterocycles. The number of aryl methyl sites for hydroxylation is 1. The SMILES string of the molecule is C=CCC(N)C(=O)c1ccc(C)s1. The fraction of sp³-hybridized carbons (Fsp3) is 0.300.